The third-order valence-corrected chi connectivity index (χ3v) is 5.43. The van der Waals surface area contributed by atoms with Gasteiger partial charge in [-0.15, -0.1) is 0 Å². The largest absolute Gasteiger partial charge is 0.324 e. The quantitative estimate of drug-likeness (QED) is 0.475. The van der Waals surface area contributed by atoms with Crippen LogP contribution in [0, 0.1) is 6.92 Å². The second-order valence-electron chi connectivity index (χ2n) is 7.42. The standard InChI is InChI=1S/C23H29ClN4O/c1-4-6-12-21-26-20-14-19(27-22(29)13-7-5-2)16(3)25-23(20)28(21)15-17-10-8-9-11-18(17)24/h8-11,14H,4-7,12-13,15H2,1-3H3,(H,27,29). The van der Waals surface area contributed by atoms with E-state index in [0.717, 1.165) is 71.1 Å². The molecule has 2 aromatic heterocycles. The van der Waals surface area contributed by atoms with Crippen molar-refractivity contribution in [2.24, 2.45) is 0 Å². The molecule has 6 heteroatoms. The van der Waals surface area contributed by atoms with Crippen LogP contribution in [-0.2, 0) is 17.8 Å². The molecule has 1 amide bonds. The van der Waals surface area contributed by atoms with E-state index in [-0.39, 0.29) is 5.91 Å². The van der Waals surface area contributed by atoms with Crippen LogP contribution in [-0.4, -0.2) is 20.4 Å². The summed E-state index contributed by atoms with van der Waals surface area (Å²) in [4.78, 5) is 21.8. The zero-order chi connectivity index (χ0) is 20.8. The van der Waals surface area contributed by atoms with E-state index in [9.17, 15) is 4.79 Å². The fourth-order valence-corrected chi connectivity index (χ4v) is 3.55. The summed E-state index contributed by atoms with van der Waals surface area (Å²) in [6, 6.07) is 9.82. The van der Waals surface area contributed by atoms with Gasteiger partial charge in [0.25, 0.3) is 0 Å². The average Bonchev–Trinajstić information content (AvgIpc) is 3.03. The number of unbranched alkanes of at least 4 members (excludes halogenated alkanes) is 2. The summed E-state index contributed by atoms with van der Waals surface area (Å²) in [5, 5.41) is 3.74. The lowest BCUT2D eigenvalue weighted by atomic mass is 10.2. The first-order chi connectivity index (χ1) is 14.0. The van der Waals surface area contributed by atoms with Gasteiger partial charge in [0.05, 0.1) is 17.9 Å². The molecule has 1 aromatic carbocycles. The van der Waals surface area contributed by atoms with Crippen LogP contribution in [0.2, 0.25) is 5.02 Å². The molecule has 5 nitrogen and oxygen atoms in total. The molecule has 0 saturated heterocycles. The number of nitrogens with one attached hydrogen (secondary N) is 1. The van der Waals surface area contributed by atoms with Gasteiger partial charge in [0.2, 0.25) is 5.91 Å². The third-order valence-electron chi connectivity index (χ3n) is 5.06. The molecule has 0 radical (unpaired) electrons. The smallest absolute Gasteiger partial charge is 0.224 e. The van der Waals surface area contributed by atoms with Crippen LogP contribution >= 0.6 is 11.6 Å². The number of nitrogens with zero attached hydrogens (tertiary/aromatic N) is 3. The summed E-state index contributed by atoms with van der Waals surface area (Å²) in [7, 11) is 0. The zero-order valence-corrected chi connectivity index (χ0v) is 18.2. The number of aromatic nitrogens is 3. The van der Waals surface area contributed by atoms with Gasteiger partial charge in [0.15, 0.2) is 5.65 Å². The zero-order valence-electron chi connectivity index (χ0n) is 17.5. The minimum atomic E-state index is 0.0257. The van der Waals surface area contributed by atoms with Crippen LogP contribution in [0.1, 0.15) is 63.0 Å². The van der Waals surface area contributed by atoms with E-state index >= 15 is 0 Å². The van der Waals surface area contributed by atoms with Crippen LogP contribution < -0.4 is 5.32 Å². The third kappa shape index (κ3) is 5.15. The lowest BCUT2D eigenvalue weighted by Gasteiger charge is -2.11. The highest BCUT2D eigenvalue weighted by molar-refractivity contribution is 6.31. The van der Waals surface area contributed by atoms with Crippen molar-refractivity contribution in [1.29, 1.82) is 0 Å². The van der Waals surface area contributed by atoms with Crippen molar-refractivity contribution in [3.63, 3.8) is 0 Å². The molecule has 1 N–H and O–H groups in total. The Morgan fingerprint density at radius 1 is 1.14 bits per heavy atom. The van der Waals surface area contributed by atoms with E-state index in [4.69, 9.17) is 21.6 Å². The van der Waals surface area contributed by atoms with Gasteiger partial charge in [-0.1, -0.05) is 56.5 Å². The van der Waals surface area contributed by atoms with Crippen LogP contribution in [0.4, 0.5) is 5.69 Å². The molecule has 0 aliphatic rings. The monoisotopic (exact) mass is 412 g/mol. The van der Waals surface area contributed by atoms with Crippen molar-refractivity contribution in [3.8, 4) is 0 Å². The lowest BCUT2D eigenvalue weighted by molar-refractivity contribution is -0.116. The minimum Gasteiger partial charge on any atom is -0.324 e. The molecule has 0 aliphatic heterocycles. The van der Waals surface area contributed by atoms with E-state index < -0.39 is 0 Å². The molecule has 0 atom stereocenters. The van der Waals surface area contributed by atoms with Gasteiger partial charge in [-0.05, 0) is 37.5 Å². The highest BCUT2D eigenvalue weighted by atomic mass is 35.5. The molecule has 2 heterocycles. The van der Waals surface area contributed by atoms with Crippen LogP contribution in [0.15, 0.2) is 30.3 Å². The summed E-state index contributed by atoms with van der Waals surface area (Å²) >= 11 is 6.40. The number of rotatable bonds is 9. The average molecular weight is 413 g/mol. The Kier molecular flexibility index (Phi) is 7.26. The number of benzene rings is 1. The molecule has 0 unspecified atom stereocenters. The first kappa shape index (κ1) is 21.3. The van der Waals surface area contributed by atoms with Crippen molar-refractivity contribution in [2.45, 2.75) is 65.8 Å². The minimum absolute atomic E-state index is 0.0257. The molecule has 154 valence electrons. The fourth-order valence-electron chi connectivity index (χ4n) is 3.35. The number of halogens is 1. The van der Waals surface area contributed by atoms with Crippen molar-refractivity contribution in [1.82, 2.24) is 14.5 Å². The molecular formula is C23H29ClN4O. The van der Waals surface area contributed by atoms with Gasteiger partial charge in [-0.2, -0.15) is 0 Å². The molecule has 0 saturated carbocycles. The lowest BCUT2D eigenvalue weighted by Crippen LogP contribution is -2.13. The summed E-state index contributed by atoms with van der Waals surface area (Å²) in [6.45, 7) is 6.81. The van der Waals surface area contributed by atoms with Gasteiger partial charge in [-0.3, -0.25) is 4.79 Å². The topological polar surface area (TPSA) is 59.8 Å². The Morgan fingerprint density at radius 2 is 1.90 bits per heavy atom. The maximum Gasteiger partial charge on any atom is 0.224 e. The normalized spacial score (nSPS) is 11.2. The van der Waals surface area contributed by atoms with Crippen molar-refractivity contribution in [2.75, 3.05) is 5.32 Å². The summed E-state index contributed by atoms with van der Waals surface area (Å²) in [5.41, 5.74) is 4.22. The summed E-state index contributed by atoms with van der Waals surface area (Å²) in [6.07, 6.45) is 5.45. The first-order valence-corrected chi connectivity index (χ1v) is 10.8. The molecule has 3 rings (SSSR count). The Balaban J connectivity index is 1.98. The molecule has 0 fully saturated rings. The van der Waals surface area contributed by atoms with Gasteiger partial charge in [0, 0.05) is 17.9 Å². The number of fused-ring (bicyclic) bond motifs is 1. The maximum absolute atomic E-state index is 12.2. The van der Waals surface area contributed by atoms with Crippen LogP contribution in [0.5, 0.6) is 0 Å². The Hall–Kier alpha value is -2.40. The molecule has 0 aliphatic carbocycles. The summed E-state index contributed by atoms with van der Waals surface area (Å²) < 4.78 is 2.15. The van der Waals surface area contributed by atoms with Crippen molar-refractivity contribution < 1.29 is 4.79 Å². The van der Waals surface area contributed by atoms with Crippen molar-refractivity contribution >= 4 is 34.4 Å². The number of hydrogen-bond donors (Lipinski definition) is 1. The van der Waals surface area contributed by atoms with Gasteiger partial charge in [-0.25, -0.2) is 9.97 Å². The second kappa shape index (κ2) is 9.88. The van der Waals surface area contributed by atoms with E-state index in [2.05, 4.69) is 23.7 Å². The van der Waals surface area contributed by atoms with E-state index in [0.29, 0.717) is 13.0 Å². The number of anilines is 1. The van der Waals surface area contributed by atoms with E-state index in [1.165, 1.54) is 0 Å². The Labute approximate surface area is 177 Å². The number of aryl methyl sites for hydroxylation is 2. The fraction of sp³-hybridized carbons (Fsp3) is 0.435. The number of amides is 1. The molecule has 0 spiro atoms. The molecule has 0 bridgehead atoms. The SMILES string of the molecule is CCCCC(=O)Nc1cc2nc(CCCC)n(Cc3ccccc3Cl)c2nc1C. The number of imidazole rings is 1. The van der Waals surface area contributed by atoms with Crippen LogP contribution in [0.25, 0.3) is 11.2 Å². The highest BCUT2D eigenvalue weighted by Gasteiger charge is 2.16. The predicted octanol–water partition coefficient (Wildman–Crippen LogP) is 5.91. The molecular weight excluding hydrogens is 384 g/mol. The van der Waals surface area contributed by atoms with Gasteiger partial charge >= 0.3 is 0 Å². The van der Waals surface area contributed by atoms with E-state index in [1.54, 1.807) is 0 Å². The number of hydrogen-bond acceptors (Lipinski definition) is 3. The van der Waals surface area contributed by atoms with Crippen molar-refractivity contribution in [3.05, 3.63) is 52.4 Å². The number of pyridine rings is 1. The maximum atomic E-state index is 12.2. The molecule has 3 aromatic rings. The summed E-state index contributed by atoms with van der Waals surface area (Å²) in [5.74, 6) is 1.03. The molecule has 29 heavy (non-hydrogen) atoms. The van der Waals surface area contributed by atoms with E-state index in [1.807, 2.05) is 37.3 Å². The number of carbonyl (C=O) groups excluding carboxylic acids is 1. The van der Waals surface area contributed by atoms with Gasteiger partial charge < -0.3 is 9.88 Å². The highest BCUT2D eigenvalue weighted by Crippen LogP contribution is 2.25. The first-order valence-electron chi connectivity index (χ1n) is 10.4. The predicted molar refractivity (Wildman–Crippen MR) is 120 cm³/mol. The Morgan fingerprint density at radius 3 is 2.62 bits per heavy atom. The number of carbonyl (C=O) groups is 1. The van der Waals surface area contributed by atoms with Gasteiger partial charge in [0.1, 0.15) is 11.3 Å². The van der Waals surface area contributed by atoms with Crippen LogP contribution in [0.3, 0.4) is 0 Å². The Bertz CT molecular complexity index is 996. The second-order valence-corrected chi connectivity index (χ2v) is 7.83.